The van der Waals surface area contributed by atoms with Crippen LogP contribution in [0.4, 0.5) is 0 Å². The van der Waals surface area contributed by atoms with Crippen LogP contribution < -0.4 is 0 Å². The summed E-state index contributed by atoms with van der Waals surface area (Å²) in [5.41, 5.74) is 2.50. The number of hydrogen-bond donors (Lipinski definition) is 0. The van der Waals surface area contributed by atoms with Gasteiger partial charge in [0.2, 0.25) is 5.78 Å². The summed E-state index contributed by atoms with van der Waals surface area (Å²) in [7, 11) is 0. The highest BCUT2D eigenvalue weighted by Gasteiger charge is 2.30. The van der Waals surface area contributed by atoms with Crippen LogP contribution in [0.5, 0.6) is 0 Å². The lowest BCUT2D eigenvalue weighted by Gasteiger charge is -2.35. The Labute approximate surface area is 156 Å². The van der Waals surface area contributed by atoms with Crippen molar-refractivity contribution < 1.29 is 4.79 Å². The van der Waals surface area contributed by atoms with Crippen LogP contribution in [0.3, 0.4) is 0 Å². The summed E-state index contributed by atoms with van der Waals surface area (Å²) >= 11 is 0. The van der Waals surface area contributed by atoms with E-state index >= 15 is 0 Å². The Morgan fingerprint density at radius 3 is 2.96 bits per heavy atom. The fraction of sp³-hybridized carbons (Fsp3) is 0.238. The zero-order chi connectivity index (χ0) is 18.2. The molecule has 4 heterocycles. The maximum absolute atomic E-state index is 13.3. The van der Waals surface area contributed by atoms with Gasteiger partial charge in [-0.2, -0.15) is 0 Å². The van der Waals surface area contributed by atoms with Gasteiger partial charge < -0.3 is 4.90 Å². The number of nitrogens with zero attached hydrogens (tertiary/aromatic N) is 5. The third-order valence-electron chi connectivity index (χ3n) is 5.24. The van der Waals surface area contributed by atoms with Gasteiger partial charge >= 0.3 is 0 Å². The van der Waals surface area contributed by atoms with E-state index in [4.69, 9.17) is 0 Å². The predicted octanol–water partition coefficient (Wildman–Crippen LogP) is 3.64. The van der Waals surface area contributed by atoms with Gasteiger partial charge in [-0.15, -0.1) is 0 Å². The minimum atomic E-state index is -0.0162. The molecule has 0 aliphatic carbocycles. The fourth-order valence-electron chi connectivity index (χ4n) is 3.86. The number of carbonyl (C=O) groups excluding carboxylic acids is 1. The molecule has 1 saturated heterocycles. The van der Waals surface area contributed by atoms with E-state index < -0.39 is 0 Å². The number of amides is 1. The first-order valence-corrected chi connectivity index (χ1v) is 9.25. The van der Waals surface area contributed by atoms with Crippen LogP contribution in [-0.4, -0.2) is 36.7 Å². The molecule has 0 N–H and O–H groups in total. The topological polar surface area (TPSA) is 63.4 Å². The maximum Gasteiger partial charge on any atom is 0.254 e. The monoisotopic (exact) mass is 357 g/mol. The first-order valence-electron chi connectivity index (χ1n) is 9.25. The van der Waals surface area contributed by atoms with Crippen LogP contribution in [0.1, 0.15) is 41.4 Å². The molecule has 1 aliphatic heterocycles. The molecule has 0 saturated carbocycles. The number of piperidine rings is 1. The largest absolute Gasteiger partial charge is 0.330 e. The molecule has 5 rings (SSSR count). The van der Waals surface area contributed by atoms with Crippen LogP contribution in [0, 0.1) is 0 Å². The summed E-state index contributed by atoms with van der Waals surface area (Å²) in [6, 6.07) is 11.6. The second-order valence-electron chi connectivity index (χ2n) is 6.91. The lowest BCUT2D eigenvalue weighted by Crippen LogP contribution is -2.39. The number of likely N-dealkylation sites (tertiary alicyclic amines) is 1. The van der Waals surface area contributed by atoms with Crippen molar-refractivity contribution in [2.75, 3.05) is 6.54 Å². The summed E-state index contributed by atoms with van der Waals surface area (Å²) in [4.78, 5) is 28.6. The van der Waals surface area contributed by atoms with Gasteiger partial charge in [-0.25, -0.2) is 9.97 Å². The molecule has 6 nitrogen and oxygen atoms in total. The Balaban J connectivity index is 1.51. The van der Waals surface area contributed by atoms with Crippen molar-refractivity contribution in [2.45, 2.75) is 25.3 Å². The van der Waals surface area contributed by atoms with E-state index in [1.165, 1.54) is 0 Å². The van der Waals surface area contributed by atoms with E-state index in [9.17, 15) is 4.79 Å². The van der Waals surface area contributed by atoms with Crippen LogP contribution in [0.15, 0.2) is 61.2 Å². The predicted molar refractivity (Wildman–Crippen MR) is 102 cm³/mol. The summed E-state index contributed by atoms with van der Waals surface area (Å²) in [5, 5.41) is 0.980. The number of benzene rings is 1. The Hall–Kier alpha value is -3.28. The minimum absolute atomic E-state index is 0.0162. The van der Waals surface area contributed by atoms with Crippen LogP contribution in [0.25, 0.3) is 16.7 Å². The van der Waals surface area contributed by atoms with Gasteiger partial charge in [-0.05, 0) is 49.6 Å². The summed E-state index contributed by atoms with van der Waals surface area (Å²) in [6.07, 6.45) is 10.4. The van der Waals surface area contributed by atoms with Crippen molar-refractivity contribution in [1.82, 2.24) is 24.3 Å². The summed E-state index contributed by atoms with van der Waals surface area (Å²) in [6.45, 7) is 0.746. The Bertz CT molecular complexity index is 1140. The first kappa shape index (κ1) is 15.9. The average molecular weight is 357 g/mol. The van der Waals surface area contributed by atoms with E-state index in [-0.39, 0.29) is 11.9 Å². The van der Waals surface area contributed by atoms with Crippen molar-refractivity contribution in [3.63, 3.8) is 0 Å². The number of hydrogen-bond acceptors (Lipinski definition) is 4. The van der Waals surface area contributed by atoms with Gasteiger partial charge in [0.05, 0.1) is 17.3 Å². The molecule has 27 heavy (non-hydrogen) atoms. The summed E-state index contributed by atoms with van der Waals surface area (Å²) < 4.78 is 1.88. The molecule has 4 aromatic rings. The number of aromatic nitrogens is 4. The molecule has 0 bridgehead atoms. The molecule has 6 heteroatoms. The second kappa shape index (κ2) is 6.46. The van der Waals surface area contributed by atoms with Gasteiger partial charge in [-0.1, -0.05) is 6.07 Å². The second-order valence-corrected chi connectivity index (χ2v) is 6.91. The smallest absolute Gasteiger partial charge is 0.254 e. The third-order valence-corrected chi connectivity index (χ3v) is 5.24. The Morgan fingerprint density at radius 2 is 2.00 bits per heavy atom. The lowest BCUT2D eigenvalue weighted by molar-refractivity contribution is 0.0606. The van der Waals surface area contributed by atoms with Gasteiger partial charge in [0.1, 0.15) is 0 Å². The van der Waals surface area contributed by atoms with Gasteiger partial charge in [-0.3, -0.25) is 14.2 Å². The highest BCUT2D eigenvalue weighted by atomic mass is 16.2. The van der Waals surface area contributed by atoms with E-state index in [1.54, 1.807) is 12.4 Å². The van der Waals surface area contributed by atoms with Gasteiger partial charge in [0, 0.05) is 42.3 Å². The Morgan fingerprint density at radius 1 is 1.04 bits per heavy atom. The number of carbonyl (C=O) groups is 1. The zero-order valence-corrected chi connectivity index (χ0v) is 14.8. The molecular formula is C21H19N5O. The third kappa shape index (κ3) is 2.83. The number of imidazole rings is 1. The van der Waals surface area contributed by atoms with Crippen molar-refractivity contribution in [3.8, 4) is 0 Å². The first-order chi connectivity index (χ1) is 13.3. The molecule has 1 aliphatic rings. The Kier molecular flexibility index (Phi) is 3.81. The fourth-order valence-corrected chi connectivity index (χ4v) is 3.86. The lowest BCUT2D eigenvalue weighted by atomic mass is 9.97. The average Bonchev–Trinajstić information content (AvgIpc) is 3.21. The molecule has 1 amide bonds. The number of fused-ring (bicyclic) bond motifs is 2. The van der Waals surface area contributed by atoms with E-state index in [1.807, 2.05) is 58.1 Å². The highest BCUT2D eigenvalue weighted by molar-refractivity contribution is 5.98. The molecule has 1 atom stereocenters. The zero-order valence-electron chi connectivity index (χ0n) is 14.8. The molecule has 1 fully saturated rings. The van der Waals surface area contributed by atoms with Gasteiger partial charge in [0.25, 0.3) is 5.91 Å². The molecule has 0 radical (unpaired) electrons. The van der Waals surface area contributed by atoms with Crippen LogP contribution in [0.2, 0.25) is 0 Å². The van der Waals surface area contributed by atoms with Crippen molar-refractivity contribution in [2.24, 2.45) is 0 Å². The van der Waals surface area contributed by atoms with Crippen molar-refractivity contribution in [1.29, 1.82) is 0 Å². The normalized spacial score (nSPS) is 17.5. The highest BCUT2D eigenvalue weighted by Crippen LogP contribution is 2.31. The molecule has 0 unspecified atom stereocenters. The molecule has 0 spiro atoms. The molecular weight excluding hydrogens is 338 g/mol. The van der Waals surface area contributed by atoms with E-state index in [2.05, 4.69) is 15.0 Å². The van der Waals surface area contributed by atoms with Gasteiger partial charge in [0.15, 0.2) is 0 Å². The molecule has 134 valence electrons. The SMILES string of the molecule is O=C(c1ccc2ncccc2c1)N1CCCC[C@@H]1c1ccn2ccnc2n1. The number of rotatable bonds is 2. The van der Waals surface area contributed by atoms with Crippen LogP contribution in [-0.2, 0) is 0 Å². The van der Waals surface area contributed by atoms with E-state index in [0.717, 1.165) is 42.4 Å². The molecule has 3 aromatic heterocycles. The van der Waals surface area contributed by atoms with Crippen LogP contribution >= 0.6 is 0 Å². The maximum atomic E-state index is 13.3. The van der Waals surface area contributed by atoms with E-state index in [0.29, 0.717) is 11.3 Å². The van der Waals surface area contributed by atoms with Crippen molar-refractivity contribution >= 4 is 22.6 Å². The van der Waals surface area contributed by atoms with Crippen molar-refractivity contribution in [3.05, 3.63) is 72.4 Å². The minimum Gasteiger partial charge on any atom is -0.330 e. The number of pyridine rings is 1. The summed E-state index contributed by atoms with van der Waals surface area (Å²) in [5.74, 6) is 0.720. The molecule has 1 aromatic carbocycles. The standard InChI is InChI=1S/C21H19N5O/c27-20(16-6-7-17-15(14-16)4-3-9-22-17)26-11-2-1-5-19(26)18-8-12-25-13-10-23-21(25)24-18/h3-4,6-10,12-14,19H,1-2,5,11H2/t19-/m1/s1. The quantitative estimate of drug-likeness (QED) is 0.549.